The molecule has 3 amide bonds. The number of urea groups is 1. The van der Waals surface area contributed by atoms with Gasteiger partial charge in [-0.25, -0.2) is 9.18 Å². The van der Waals surface area contributed by atoms with Gasteiger partial charge in [0.1, 0.15) is 11.6 Å². The Morgan fingerprint density at radius 2 is 1.74 bits per heavy atom. The van der Waals surface area contributed by atoms with Crippen LogP contribution in [0, 0.1) is 5.82 Å². The monoisotopic (exact) mass is 498 g/mol. The van der Waals surface area contributed by atoms with Gasteiger partial charge in [0.15, 0.2) is 11.0 Å². The second-order valence-corrected chi connectivity index (χ2v) is 9.01. The Kier molecular flexibility index (Phi) is 8.32. The molecule has 2 aromatic carbocycles. The molecule has 1 aromatic heterocycles. The molecule has 4 rings (SSSR count). The lowest BCUT2D eigenvalue weighted by Crippen LogP contribution is -2.35. The molecule has 0 spiro atoms. The number of nitrogens with one attached hydrogen (secondary N) is 2. The van der Waals surface area contributed by atoms with Crippen LogP contribution in [0.25, 0.3) is 5.69 Å². The molecule has 1 fully saturated rings. The molecular weight excluding hydrogens is 471 g/mol. The third kappa shape index (κ3) is 6.80. The topological polar surface area (TPSA) is 101 Å². The van der Waals surface area contributed by atoms with Gasteiger partial charge in [-0.2, -0.15) is 0 Å². The Morgan fingerprint density at radius 1 is 1.03 bits per heavy atom. The summed E-state index contributed by atoms with van der Waals surface area (Å²) in [6.07, 6.45) is 3.51. The van der Waals surface area contributed by atoms with Crippen LogP contribution in [0.3, 0.4) is 0 Å². The highest BCUT2D eigenvalue weighted by atomic mass is 32.2. The van der Waals surface area contributed by atoms with Gasteiger partial charge in [0.25, 0.3) is 0 Å². The molecule has 0 bridgehead atoms. The van der Waals surface area contributed by atoms with Crippen molar-refractivity contribution in [2.24, 2.45) is 0 Å². The van der Waals surface area contributed by atoms with E-state index in [0.717, 1.165) is 43.5 Å². The van der Waals surface area contributed by atoms with Crippen molar-refractivity contribution < 1.29 is 18.7 Å². The number of likely N-dealkylation sites (tertiary alicyclic amines) is 1. The molecule has 2 N–H and O–H groups in total. The van der Waals surface area contributed by atoms with Crippen molar-refractivity contribution >= 4 is 29.4 Å². The molecule has 1 saturated heterocycles. The van der Waals surface area contributed by atoms with Crippen LogP contribution in [0.2, 0.25) is 0 Å². The maximum absolute atomic E-state index is 13.5. The normalized spacial score (nSPS) is 13.9. The number of rotatable bonds is 8. The predicted octanol–water partition coefficient (Wildman–Crippen LogP) is 3.84. The zero-order valence-electron chi connectivity index (χ0n) is 19.4. The zero-order chi connectivity index (χ0) is 24.6. The van der Waals surface area contributed by atoms with Gasteiger partial charge in [0.05, 0.1) is 19.4 Å². The van der Waals surface area contributed by atoms with Crippen LogP contribution in [0.5, 0.6) is 5.75 Å². The van der Waals surface area contributed by atoms with Crippen molar-refractivity contribution in [2.45, 2.75) is 31.0 Å². The van der Waals surface area contributed by atoms with Gasteiger partial charge in [-0.15, -0.1) is 10.2 Å². The maximum Gasteiger partial charge on any atom is 0.325 e. The number of anilines is 1. The summed E-state index contributed by atoms with van der Waals surface area (Å²) in [6, 6.07) is 12.2. The number of methoxy groups -OCH3 is 1. The standard InChI is InChI=1S/C24H27FN6O3S/c1-34-20-11-7-18(8-12-20)26-23(33)27-22(32)16-35-24-29-28-21(15-30-13-3-2-4-14-30)31(24)19-9-5-17(25)6-10-19/h5-12H,2-4,13-16H2,1H3,(H2,26,27,32,33). The molecule has 9 nitrogen and oxygen atoms in total. The van der Waals surface area contributed by atoms with Crippen LogP contribution in [-0.4, -0.2) is 57.6 Å². The van der Waals surface area contributed by atoms with Gasteiger partial charge in [-0.3, -0.25) is 19.6 Å². The van der Waals surface area contributed by atoms with Crippen molar-refractivity contribution in [1.29, 1.82) is 0 Å². The van der Waals surface area contributed by atoms with Gasteiger partial charge in [-0.05, 0) is 74.5 Å². The van der Waals surface area contributed by atoms with Crippen molar-refractivity contribution in [3.8, 4) is 11.4 Å². The molecule has 1 aliphatic heterocycles. The zero-order valence-corrected chi connectivity index (χ0v) is 20.2. The van der Waals surface area contributed by atoms with Crippen LogP contribution in [-0.2, 0) is 11.3 Å². The summed E-state index contributed by atoms with van der Waals surface area (Å²) in [5.41, 5.74) is 1.24. The van der Waals surface area contributed by atoms with E-state index in [1.165, 1.54) is 18.6 Å². The molecule has 0 radical (unpaired) electrons. The summed E-state index contributed by atoms with van der Waals surface area (Å²) < 4.78 is 20.4. The minimum absolute atomic E-state index is 0.0426. The quantitative estimate of drug-likeness (QED) is 0.455. The van der Waals surface area contributed by atoms with Crippen LogP contribution in [0.4, 0.5) is 14.9 Å². The van der Waals surface area contributed by atoms with E-state index in [9.17, 15) is 14.0 Å². The number of amides is 3. The molecule has 184 valence electrons. The third-order valence-corrected chi connectivity index (χ3v) is 6.46. The van der Waals surface area contributed by atoms with Gasteiger partial charge in [-0.1, -0.05) is 18.2 Å². The van der Waals surface area contributed by atoms with E-state index in [4.69, 9.17) is 4.74 Å². The van der Waals surface area contributed by atoms with Gasteiger partial charge in [0, 0.05) is 11.4 Å². The molecule has 11 heteroatoms. The highest BCUT2D eigenvalue weighted by molar-refractivity contribution is 7.99. The van der Waals surface area contributed by atoms with Crippen LogP contribution < -0.4 is 15.4 Å². The maximum atomic E-state index is 13.5. The molecule has 0 atom stereocenters. The molecule has 3 aromatic rings. The first-order valence-corrected chi connectivity index (χ1v) is 12.3. The van der Waals surface area contributed by atoms with Crippen molar-refractivity contribution in [1.82, 2.24) is 25.0 Å². The smallest absolute Gasteiger partial charge is 0.325 e. The average Bonchev–Trinajstić information content (AvgIpc) is 3.26. The van der Waals surface area contributed by atoms with Crippen LogP contribution in [0.1, 0.15) is 25.1 Å². The number of carbonyl (C=O) groups excluding carboxylic acids is 2. The summed E-state index contributed by atoms with van der Waals surface area (Å²) in [5, 5.41) is 14.0. The fourth-order valence-corrected chi connectivity index (χ4v) is 4.56. The lowest BCUT2D eigenvalue weighted by molar-refractivity contribution is -0.117. The number of halogens is 1. The number of piperidine rings is 1. The summed E-state index contributed by atoms with van der Waals surface area (Å²) in [6.45, 7) is 2.59. The number of thioether (sulfide) groups is 1. The number of hydrogen-bond acceptors (Lipinski definition) is 7. The van der Waals surface area contributed by atoms with Crippen LogP contribution >= 0.6 is 11.8 Å². The average molecular weight is 499 g/mol. The SMILES string of the molecule is COc1ccc(NC(=O)NC(=O)CSc2nnc(CN3CCCCC3)n2-c2ccc(F)cc2)cc1. The van der Waals surface area contributed by atoms with Crippen LogP contribution in [0.15, 0.2) is 53.7 Å². The molecular formula is C24H27FN6O3S. The van der Waals surface area contributed by atoms with E-state index in [1.54, 1.807) is 43.5 Å². The first-order valence-electron chi connectivity index (χ1n) is 11.3. The largest absolute Gasteiger partial charge is 0.497 e. The Hall–Kier alpha value is -3.44. The molecule has 0 aliphatic carbocycles. The summed E-state index contributed by atoms with van der Waals surface area (Å²) in [5.74, 6) is 0.522. The summed E-state index contributed by atoms with van der Waals surface area (Å²) in [7, 11) is 1.55. The number of benzene rings is 2. The molecule has 1 aliphatic rings. The van der Waals surface area contributed by atoms with Gasteiger partial charge in [0.2, 0.25) is 5.91 Å². The Labute approximate surface area is 207 Å². The fourth-order valence-electron chi connectivity index (χ4n) is 3.79. The van der Waals surface area contributed by atoms with E-state index in [-0.39, 0.29) is 11.6 Å². The van der Waals surface area contributed by atoms with E-state index >= 15 is 0 Å². The third-order valence-electron chi connectivity index (χ3n) is 5.53. The first kappa shape index (κ1) is 24.7. The first-order chi connectivity index (χ1) is 17.0. The Balaban J connectivity index is 1.40. The van der Waals surface area contributed by atoms with Crippen molar-refractivity contribution in [3.05, 3.63) is 60.2 Å². The fraction of sp³-hybridized carbons (Fsp3) is 0.333. The molecule has 0 saturated carbocycles. The predicted molar refractivity (Wildman–Crippen MR) is 131 cm³/mol. The van der Waals surface area contributed by atoms with E-state index < -0.39 is 11.9 Å². The van der Waals surface area contributed by atoms with Crippen molar-refractivity contribution in [2.75, 3.05) is 31.3 Å². The molecule has 35 heavy (non-hydrogen) atoms. The minimum atomic E-state index is -0.633. The molecule has 0 unspecified atom stereocenters. The second-order valence-electron chi connectivity index (χ2n) is 8.07. The lowest BCUT2D eigenvalue weighted by atomic mass is 10.1. The van der Waals surface area contributed by atoms with Gasteiger partial charge >= 0.3 is 6.03 Å². The Bertz CT molecular complexity index is 1150. The number of hydrogen-bond donors (Lipinski definition) is 2. The second kappa shape index (κ2) is 11.8. The Morgan fingerprint density at radius 3 is 2.43 bits per heavy atom. The van der Waals surface area contributed by atoms with E-state index in [0.29, 0.717) is 28.8 Å². The number of aromatic nitrogens is 3. The van der Waals surface area contributed by atoms with Crippen molar-refractivity contribution in [3.63, 3.8) is 0 Å². The highest BCUT2D eigenvalue weighted by Crippen LogP contribution is 2.24. The number of nitrogens with zero attached hydrogens (tertiary/aromatic N) is 4. The van der Waals surface area contributed by atoms with Gasteiger partial charge < -0.3 is 10.1 Å². The molecule has 2 heterocycles. The number of carbonyl (C=O) groups is 2. The van der Waals surface area contributed by atoms with E-state index in [1.807, 2.05) is 4.57 Å². The highest BCUT2D eigenvalue weighted by Gasteiger charge is 2.20. The summed E-state index contributed by atoms with van der Waals surface area (Å²) >= 11 is 1.16. The number of imide groups is 1. The van der Waals surface area contributed by atoms with E-state index in [2.05, 4.69) is 25.7 Å². The number of ether oxygens (including phenoxy) is 1. The summed E-state index contributed by atoms with van der Waals surface area (Å²) in [4.78, 5) is 26.9. The minimum Gasteiger partial charge on any atom is -0.497 e. The lowest BCUT2D eigenvalue weighted by Gasteiger charge is -2.26.